The Bertz CT molecular complexity index is 678. The van der Waals surface area contributed by atoms with Crippen LogP contribution in [0.3, 0.4) is 0 Å². The third kappa shape index (κ3) is 2.82. The number of benzene rings is 1. The molecule has 0 spiro atoms. The molecule has 0 aliphatic rings. The van der Waals surface area contributed by atoms with Crippen molar-refractivity contribution in [1.82, 2.24) is 9.78 Å². The lowest BCUT2D eigenvalue weighted by molar-refractivity contribution is 0.0686. The van der Waals surface area contributed by atoms with E-state index in [1.807, 2.05) is 0 Å². The molecule has 2 rings (SSSR count). The van der Waals surface area contributed by atoms with Crippen molar-refractivity contribution in [1.29, 1.82) is 0 Å². The third-order valence-corrected chi connectivity index (χ3v) is 3.34. The van der Waals surface area contributed by atoms with Gasteiger partial charge in [0.2, 0.25) is 0 Å². The van der Waals surface area contributed by atoms with Gasteiger partial charge in [-0.3, -0.25) is 4.68 Å². The first-order chi connectivity index (χ1) is 8.99. The Kier molecular flexibility index (Phi) is 3.66. The molecular weight excluding hydrogens is 268 g/mol. The van der Waals surface area contributed by atoms with Gasteiger partial charge in [0, 0.05) is 12.6 Å². The molecule has 0 fully saturated rings. The van der Waals surface area contributed by atoms with Gasteiger partial charge in [-0.25, -0.2) is 13.2 Å². The molecule has 0 atom stereocenters. The van der Waals surface area contributed by atoms with Crippen LogP contribution < -0.4 is 0 Å². The van der Waals surface area contributed by atoms with Gasteiger partial charge in [-0.2, -0.15) is 5.10 Å². The van der Waals surface area contributed by atoms with Gasteiger partial charge in [0.25, 0.3) is 0 Å². The number of nitrogens with zero attached hydrogens (tertiary/aromatic N) is 2. The second-order valence-corrected chi connectivity index (χ2v) is 5.01. The van der Waals surface area contributed by atoms with Crippen molar-refractivity contribution in [3.63, 3.8) is 0 Å². The lowest BCUT2D eigenvalue weighted by Gasteiger charge is -2.02. The Hall–Kier alpha value is -2.15. The normalized spacial score (nSPS) is 10.8. The molecule has 0 saturated carbocycles. The SMILES string of the molecule is Cn1ncc(-c2ccc(C[SH](=O)=O)cc2)c1C(=O)O. The number of aryl methyl sites for hydroxylation is 1. The van der Waals surface area contributed by atoms with Crippen molar-refractivity contribution >= 4 is 16.7 Å². The average molecular weight is 280 g/mol. The lowest BCUT2D eigenvalue weighted by atomic mass is 10.0. The Morgan fingerprint density at radius 2 is 1.95 bits per heavy atom. The highest BCUT2D eigenvalue weighted by Gasteiger charge is 2.16. The largest absolute Gasteiger partial charge is 0.477 e. The van der Waals surface area contributed by atoms with Gasteiger partial charge < -0.3 is 5.11 Å². The second-order valence-electron chi connectivity index (χ2n) is 4.02. The third-order valence-electron chi connectivity index (χ3n) is 2.72. The summed E-state index contributed by atoms with van der Waals surface area (Å²) in [5.74, 6) is -1.07. The predicted molar refractivity (Wildman–Crippen MR) is 69.6 cm³/mol. The van der Waals surface area contributed by atoms with Crippen molar-refractivity contribution < 1.29 is 18.3 Å². The summed E-state index contributed by atoms with van der Waals surface area (Å²) in [5, 5.41) is 13.1. The fraction of sp³-hybridized carbons (Fsp3) is 0.167. The van der Waals surface area contributed by atoms with Gasteiger partial charge in [0.05, 0.1) is 11.9 Å². The molecule has 0 amide bonds. The van der Waals surface area contributed by atoms with Crippen molar-refractivity contribution in [2.45, 2.75) is 5.75 Å². The summed E-state index contributed by atoms with van der Waals surface area (Å²) < 4.78 is 22.5. The van der Waals surface area contributed by atoms with Crippen LogP contribution in [0.5, 0.6) is 0 Å². The molecule has 1 aromatic heterocycles. The molecule has 0 unspecified atom stereocenters. The van der Waals surface area contributed by atoms with Crippen LogP contribution in [0.2, 0.25) is 0 Å². The van der Waals surface area contributed by atoms with E-state index in [0.717, 1.165) is 0 Å². The van der Waals surface area contributed by atoms with Crippen molar-refractivity contribution in [2.75, 3.05) is 0 Å². The first-order valence-corrected chi connectivity index (χ1v) is 6.81. The summed E-state index contributed by atoms with van der Waals surface area (Å²) >= 11 is 0. The molecule has 19 heavy (non-hydrogen) atoms. The van der Waals surface area contributed by atoms with Crippen LogP contribution in [-0.2, 0) is 23.5 Å². The van der Waals surface area contributed by atoms with Crippen LogP contribution in [0.15, 0.2) is 30.5 Å². The van der Waals surface area contributed by atoms with Crippen LogP contribution in [0.1, 0.15) is 16.1 Å². The summed E-state index contributed by atoms with van der Waals surface area (Å²) in [6.45, 7) is 0. The summed E-state index contributed by atoms with van der Waals surface area (Å²) in [6.07, 6.45) is 1.48. The van der Waals surface area contributed by atoms with Crippen LogP contribution in [-0.4, -0.2) is 29.3 Å². The highest BCUT2D eigenvalue weighted by molar-refractivity contribution is 7.71. The summed E-state index contributed by atoms with van der Waals surface area (Å²) in [4.78, 5) is 11.1. The predicted octanol–water partition coefficient (Wildman–Crippen LogP) is 0.897. The van der Waals surface area contributed by atoms with E-state index in [0.29, 0.717) is 16.7 Å². The summed E-state index contributed by atoms with van der Waals surface area (Å²) in [7, 11) is -0.905. The maximum absolute atomic E-state index is 11.1. The zero-order valence-corrected chi connectivity index (χ0v) is 11.0. The standard InChI is InChI=1S/C12H12N2O4S/c1-14-11(12(15)16)10(6-13-14)9-4-2-8(3-5-9)7-19(17)18/h2-6,19H,7H2,1H3,(H,15,16). The van der Waals surface area contributed by atoms with E-state index in [1.165, 1.54) is 10.9 Å². The maximum atomic E-state index is 11.1. The van der Waals surface area contributed by atoms with Gasteiger partial charge in [-0.1, -0.05) is 24.3 Å². The Balaban J connectivity index is 2.40. The number of hydrogen-bond donors (Lipinski definition) is 2. The van der Waals surface area contributed by atoms with Crippen molar-refractivity contribution in [3.8, 4) is 11.1 Å². The molecule has 100 valence electrons. The molecule has 0 radical (unpaired) electrons. The lowest BCUT2D eigenvalue weighted by Crippen LogP contribution is -2.06. The highest BCUT2D eigenvalue weighted by atomic mass is 32.2. The molecule has 0 saturated heterocycles. The first-order valence-electron chi connectivity index (χ1n) is 5.45. The van der Waals surface area contributed by atoms with Crippen molar-refractivity contribution in [3.05, 3.63) is 41.7 Å². The number of aromatic carboxylic acids is 1. The number of hydrogen-bond acceptors (Lipinski definition) is 4. The van der Waals surface area contributed by atoms with Crippen LogP contribution in [0.4, 0.5) is 0 Å². The minimum atomic E-state index is -2.46. The zero-order chi connectivity index (χ0) is 14.0. The van der Waals surface area contributed by atoms with Gasteiger partial charge in [-0.05, 0) is 11.1 Å². The monoisotopic (exact) mass is 280 g/mol. The molecule has 0 aliphatic carbocycles. The van der Waals surface area contributed by atoms with E-state index in [9.17, 15) is 13.2 Å². The second kappa shape index (κ2) is 5.23. The van der Waals surface area contributed by atoms with E-state index in [1.54, 1.807) is 31.3 Å². The fourth-order valence-electron chi connectivity index (χ4n) is 1.84. The topological polar surface area (TPSA) is 89.3 Å². The van der Waals surface area contributed by atoms with E-state index < -0.39 is 16.7 Å². The van der Waals surface area contributed by atoms with E-state index in [4.69, 9.17) is 5.11 Å². The Labute approximate surface area is 111 Å². The molecule has 2 aromatic rings. The van der Waals surface area contributed by atoms with E-state index in [-0.39, 0.29) is 11.4 Å². The minimum absolute atomic E-state index is 0.0194. The molecule has 0 aliphatic heterocycles. The molecular formula is C12H12N2O4S. The summed E-state index contributed by atoms with van der Waals surface area (Å²) in [6, 6.07) is 6.72. The van der Waals surface area contributed by atoms with Crippen LogP contribution in [0, 0.1) is 0 Å². The maximum Gasteiger partial charge on any atom is 0.354 e. The highest BCUT2D eigenvalue weighted by Crippen LogP contribution is 2.23. The average Bonchev–Trinajstić information content (AvgIpc) is 2.71. The number of carboxylic acids is 1. The zero-order valence-electron chi connectivity index (χ0n) is 10.1. The minimum Gasteiger partial charge on any atom is -0.477 e. The Morgan fingerprint density at radius 1 is 1.32 bits per heavy atom. The molecule has 0 bridgehead atoms. The number of carboxylic acid groups (broad SMARTS) is 1. The number of aromatic nitrogens is 2. The van der Waals surface area contributed by atoms with E-state index >= 15 is 0 Å². The molecule has 1 aromatic carbocycles. The summed E-state index contributed by atoms with van der Waals surface area (Å²) in [5.41, 5.74) is 1.96. The van der Waals surface area contributed by atoms with Gasteiger partial charge in [0.1, 0.15) is 10.7 Å². The van der Waals surface area contributed by atoms with Crippen molar-refractivity contribution in [2.24, 2.45) is 7.05 Å². The Morgan fingerprint density at radius 3 is 2.47 bits per heavy atom. The molecule has 7 heteroatoms. The van der Waals surface area contributed by atoms with Crippen LogP contribution in [0.25, 0.3) is 11.1 Å². The molecule has 6 nitrogen and oxygen atoms in total. The number of rotatable bonds is 4. The van der Waals surface area contributed by atoms with Gasteiger partial charge in [-0.15, -0.1) is 0 Å². The van der Waals surface area contributed by atoms with E-state index in [2.05, 4.69) is 5.10 Å². The van der Waals surface area contributed by atoms with Crippen LogP contribution >= 0.6 is 0 Å². The van der Waals surface area contributed by atoms with Gasteiger partial charge in [0.15, 0.2) is 5.69 Å². The fourth-order valence-corrected chi connectivity index (χ4v) is 2.35. The molecule has 1 N–H and O–H groups in total. The smallest absolute Gasteiger partial charge is 0.354 e. The molecule has 1 heterocycles. The number of thiol groups is 1. The first kappa shape index (κ1) is 13.3. The van der Waals surface area contributed by atoms with Gasteiger partial charge >= 0.3 is 5.97 Å². The number of carbonyl (C=O) groups is 1. The quantitative estimate of drug-likeness (QED) is 0.812.